The molecule has 5 rings (SSSR count). The van der Waals surface area contributed by atoms with E-state index in [0.29, 0.717) is 18.5 Å². The summed E-state index contributed by atoms with van der Waals surface area (Å²) in [7, 11) is 0. The van der Waals surface area contributed by atoms with Crippen molar-refractivity contribution in [2.75, 3.05) is 13.1 Å². The minimum Gasteiger partial charge on any atom is -0.323 e. The maximum absolute atomic E-state index is 12.9. The molecule has 1 atom stereocenters. The van der Waals surface area contributed by atoms with E-state index < -0.39 is 6.04 Å². The van der Waals surface area contributed by atoms with E-state index in [-0.39, 0.29) is 56.9 Å². The fourth-order valence-electron chi connectivity index (χ4n) is 5.02. The van der Waals surface area contributed by atoms with E-state index in [0.717, 1.165) is 38.0 Å². The first-order valence-electron chi connectivity index (χ1n) is 11.4. The van der Waals surface area contributed by atoms with Crippen LogP contribution < -0.4 is 5.32 Å². The van der Waals surface area contributed by atoms with E-state index in [9.17, 15) is 14.4 Å². The molecular weight excluding hydrogens is 491 g/mol. The molecule has 3 aliphatic rings. The molecule has 169 valence electrons. The van der Waals surface area contributed by atoms with Crippen molar-refractivity contribution in [3.05, 3.63) is 76.2 Å². The molecule has 0 bridgehead atoms. The Balaban J connectivity index is 0.00000259. The van der Waals surface area contributed by atoms with Gasteiger partial charge < -0.3 is 9.80 Å². The van der Waals surface area contributed by atoms with Crippen LogP contribution in [0.25, 0.3) is 0 Å². The van der Waals surface area contributed by atoms with Crippen molar-refractivity contribution >= 4 is 17.7 Å². The van der Waals surface area contributed by atoms with E-state index in [2.05, 4.69) is 53.5 Å². The molecule has 3 heterocycles. The first-order chi connectivity index (χ1) is 15.5. The van der Waals surface area contributed by atoms with Crippen LogP contribution in [-0.4, -0.2) is 46.7 Å². The van der Waals surface area contributed by atoms with E-state index in [4.69, 9.17) is 0 Å². The summed E-state index contributed by atoms with van der Waals surface area (Å²) in [5.41, 5.74) is 5.50. The van der Waals surface area contributed by atoms with Crippen molar-refractivity contribution < 1.29 is 47.1 Å². The molecule has 2 fully saturated rings. The average Bonchev–Trinajstić information content (AvgIpc) is 3.11. The van der Waals surface area contributed by atoms with Crippen molar-refractivity contribution in [2.24, 2.45) is 0 Å². The molecule has 0 spiro atoms. The van der Waals surface area contributed by atoms with Crippen LogP contribution in [0.2, 0.25) is 0 Å². The first kappa shape index (κ1) is 24.1. The number of hydrogen-bond donors (Lipinski definition) is 1. The quantitative estimate of drug-likeness (QED) is 0.499. The normalized spacial score (nSPS) is 21.0. The van der Waals surface area contributed by atoms with E-state index in [1.807, 2.05) is 6.07 Å². The molecule has 2 saturated heterocycles. The van der Waals surface area contributed by atoms with Gasteiger partial charge in [-0.15, -0.1) is 6.07 Å². The van der Waals surface area contributed by atoms with Crippen molar-refractivity contribution in [2.45, 2.75) is 51.7 Å². The van der Waals surface area contributed by atoms with Crippen LogP contribution in [0.5, 0.6) is 0 Å². The molecule has 1 unspecified atom stereocenters. The average molecular weight is 519 g/mol. The number of carbonyl (C=O) groups excluding carboxylic acids is 3. The molecule has 2 aromatic carbocycles. The van der Waals surface area contributed by atoms with Gasteiger partial charge in [0, 0.05) is 57.8 Å². The summed E-state index contributed by atoms with van der Waals surface area (Å²) in [4.78, 5) is 40.7. The maximum atomic E-state index is 12.9. The summed E-state index contributed by atoms with van der Waals surface area (Å²) in [6, 6.07) is 14.3. The van der Waals surface area contributed by atoms with Crippen LogP contribution in [0.1, 0.15) is 58.3 Å². The Bertz CT molecular complexity index is 1060. The molecule has 1 radical (unpaired) electrons. The maximum Gasteiger partial charge on any atom is 0.253 e. The topological polar surface area (TPSA) is 69.7 Å². The molecule has 33 heavy (non-hydrogen) atoms. The number of nitrogens with zero attached hydrogens (tertiary/aromatic N) is 2. The number of piperidine rings is 2. The molecule has 0 aromatic heterocycles. The zero-order valence-electron chi connectivity index (χ0n) is 19.0. The fourth-order valence-corrected chi connectivity index (χ4v) is 5.02. The molecular formula is C26H28N3O3Y-. The largest absolute Gasteiger partial charge is 0.323 e. The van der Waals surface area contributed by atoms with Gasteiger partial charge in [-0.2, -0.15) is 23.6 Å². The monoisotopic (exact) mass is 519 g/mol. The Morgan fingerprint density at radius 1 is 1.03 bits per heavy atom. The van der Waals surface area contributed by atoms with Crippen molar-refractivity contribution in [3.63, 3.8) is 0 Å². The van der Waals surface area contributed by atoms with Crippen LogP contribution in [0.15, 0.2) is 42.5 Å². The van der Waals surface area contributed by atoms with Crippen LogP contribution >= 0.6 is 0 Å². The van der Waals surface area contributed by atoms with Gasteiger partial charge in [-0.25, -0.2) is 0 Å². The summed E-state index contributed by atoms with van der Waals surface area (Å²) in [5.74, 6) is 0.694. The third kappa shape index (κ3) is 5.08. The molecule has 2 aromatic rings. The number of benzene rings is 2. The Kier molecular flexibility index (Phi) is 7.37. The number of hydrogen-bond acceptors (Lipinski definition) is 4. The van der Waals surface area contributed by atoms with E-state index in [1.165, 1.54) is 22.6 Å². The zero-order valence-corrected chi connectivity index (χ0v) is 21.8. The van der Waals surface area contributed by atoms with Crippen LogP contribution in [0, 0.1) is 12.8 Å². The molecule has 3 amide bonds. The van der Waals surface area contributed by atoms with Crippen LogP contribution in [0.4, 0.5) is 0 Å². The number of fused-ring (bicyclic) bond motifs is 1. The van der Waals surface area contributed by atoms with Gasteiger partial charge in [0.05, 0.1) is 0 Å². The Morgan fingerprint density at radius 3 is 2.45 bits per heavy atom. The smallest absolute Gasteiger partial charge is 0.253 e. The fraction of sp³-hybridized carbons (Fsp3) is 0.385. The summed E-state index contributed by atoms with van der Waals surface area (Å²) < 4.78 is 0. The van der Waals surface area contributed by atoms with Gasteiger partial charge in [0.15, 0.2) is 0 Å². The molecule has 6 nitrogen and oxygen atoms in total. The van der Waals surface area contributed by atoms with Gasteiger partial charge in [0.1, 0.15) is 6.04 Å². The number of nitrogens with one attached hydrogen (secondary N) is 1. The van der Waals surface area contributed by atoms with Crippen molar-refractivity contribution in [1.29, 1.82) is 0 Å². The van der Waals surface area contributed by atoms with Crippen molar-refractivity contribution in [3.8, 4) is 0 Å². The second-order valence-corrected chi connectivity index (χ2v) is 9.14. The molecule has 7 heteroatoms. The van der Waals surface area contributed by atoms with Crippen molar-refractivity contribution in [1.82, 2.24) is 15.1 Å². The summed E-state index contributed by atoms with van der Waals surface area (Å²) >= 11 is 0. The minimum atomic E-state index is -0.561. The first-order valence-corrected chi connectivity index (χ1v) is 11.4. The zero-order chi connectivity index (χ0) is 22.2. The standard InChI is InChI=1S/C26H28N3O3.Y/c1-17-2-4-18(5-3-17)15-28-12-10-19(11-13-28)20-6-7-22-21(14-20)16-29(26(22)32)23-8-9-24(30)27-25(23)31;/h2-7,14,23H,8-13,15-16H2,1H3,(H,27,30,31);/q-1;. The Morgan fingerprint density at radius 2 is 1.76 bits per heavy atom. The third-order valence-electron chi connectivity index (χ3n) is 6.92. The van der Waals surface area contributed by atoms with Gasteiger partial charge in [-0.3, -0.25) is 19.7 Å². The van der Waals surface area contributed by atoms with E-state index in [1.54, 1.807) is 4.90 Å². The van der Waals surface area contributed by atoms with Crippen LogP contribution in [-0.2, 0) is 55.4 Å². The molecule has 3 aliphatic heterocycles. The summed E-state index contributed by atoms with van der Waals surface area (Å²) in [6.45, 7) is 5.58. The predicted octanol–water partition coefficient (Wildman–Crippen LogP) is 2.97. The number of rotatable bonds is 4. The molecule has 0 aliphatic carbocycles. The summed E-state index contributed by atoms with van der Waals surface area (Å²) in [5, 5.41) is 2.36. The Labute approximate surface area is 220 Å². The number of amides is 3. The second kappa shape index (κ2) is 10.1. The van der Waals surface area contributed by atoms with Gasteiger partial charge >= 0.3 is 0 Å². The van der Waals surface area contributed by atoms with E-state index >= 15 is 0 Å². The summed E-state index contributed by atoms with van der Waals surface area (Å²) in [6.07, 6.45) is 2.72. The van der Waals surface area contributed by atoms with Crippen LogP contribution in [0.3, 0.4) is 0 Å². The third-order valence-corrected chi connectivity index (χ3v) is 6.92. The number of imide groups is 1. The van der Waals surface area contributed by atoms with Gasteiger partial charge in [0.2, 0.25) is 11.8 Å². The minimum absolute atomic E-state index is 0. The SMILES string of the molecule is Cc1ccc(CN2CC[C-](c3ccc4c(c3)CN(C3CCC(=O)NC3=O)C4=O)CC2)cc1.[Y]. The van der Waals surface area contributed by atoms with Gasteiger partial charge in [-0.05, 0) is 32.0 Å². The predicted molar refractivity (Wildman–Crippen MR) is 121 cm³/mol. The molecule has 0 saturated carbocycles. The second-order valence-electron chi connectivity index (χ2n) is 9.14. The number of likely N-dealkylation sites (tertiary alicyclic amines) is 1. The number of aryl methyl sites for hydroxylation is 1. The Hall–Kier alpha value is -2.02. The van der Waals surface area contributed by atoms with Gasteiger partial charge in [0.25, 0.3) is 5.91 Å². The van der Waals surface area contributed by atoms with Gasteiger partial charge in [-0.1, -0.05) is 48.2 Å². The number of carbonyl (C=O) groups is 3. The molecule has 1 N–H and O–H groups in total.